The third-order valence-electron chi connectivity index (χ3n) is 4.74. The van der Waals surface area contributed by atoms with Crippen molar-refractivity contribution in [2.45, 2.75) is 31.1 Å². The van der Waals surface area contributed by atoms with Gasteiger partial charge in [-0.3, -0.25) is 4.79 Å². The van der Waals surface area contributed by atoms with E-state index in [2.05, 4.69) is 10.1 Å². The van der Waals surface area contributed by atoms with Crippen molar-refractivity contribution >= 4 is 15.9 Å². The largest absolute Gasteiger partial charge is 0.339 e. The van der Waals surface area contributed by atoms with Crippen LogP contribution in [0.5, 0.6) is 0 Å². The van der Waals surface area contributed by atoms with E-state index < -0.39 is 15.8 Å². The minimum Gasteiger partial charge on any atom is -0.339 e. The topological polar surface area (TPSA) is 111 Å². The standard InChI is InChI=1S/C21H24FN5O3S/c1-3-4-12-26(2)21(28)20-24-19(13-15-8-6-5-7-9-15)27(25-20)18-11-10-16(14-17(18)22)31(23,29)30/h5-11,14H,3-4,12-13H2,1-2H3,(H2,23,29,30). The number of halogens is 1. The van der Waals surface area contributed by atoms with Crippen LogP contribution in [0.25, 0.3) is 5.69 Å². The number of primary sulfonamides is 1. The van der Waals surface area contributed by atoms with Gasteiger partial charge in [0.1, 0.15) is 17.3 Å². The highest BCUT2D eigenvalue weighted by Gasteiger charge is 2.22. The van der Waals surface area contributed by atoms with Crippen molar-refractivity contribution in [3.63, 3.8) is 0 Å². The Balaban J connectivity index is 2.05. The van der Waals surface area contributed by atoms with Gasteiger partial charge in [0.25, 0.3) is 5.91 Å². The van der Waals surface area contributed by atoms with Gasteiger partial charge < -0.3 is 4.90 Å². The van der Waals surface area contributed by atoms with Gasteiger partial charge in [0, 0.05) is 20.0 Å². The van der Waals surface area contributed by atoms with Crippen molar-refractivity contribution in [3.8, 4) is 5.69 Å². The fourth-order valence-corrected chi connectivity index (χ4v) is 3.55. The van der Waals surface area contributed by atoms with Crippen LogP contribution in [0.1, 0.15) is 41.8 Å². The number of carbonyl (C=O) groups is 1. The van der Waals surface area contributed by atoms with Crippen molar-refractivity contribution in [1.82, 2.24) is 19.7 Å². The minimum absolute atomic E-state index is 0.0268. The zero-order chi connectivity index (χ0) is 22.6. The highest BCUT2D eigenvalue weighted by molar-refractivity contribution is 7.89. The molecule has 3 aromatic rings. The molecule has 0 atom stereocenters. The van der Waals surface area contributed by atoms with Crippen molar-refractivity contribution in [3.05, 3.63) is 71.6 Å². The first-order chi connectivity index (χ1) is 14.7. The van der Waals surface area contributed by atoms with E-state index in [4.69, 9.17) is 5.14 Å². The van der Waals surface area contributed by atoms with Gasteiger partial charge >= 0.3 is 0 Å². The highest BCUT2D eigenvalue weighted by Crippen LogP contribution is 2.20. The molecule has 0 bridgehead atoms. The van der Waals surface area contributed by atoms with E-state index in [1.54, 1.807) is 7.05 Å². The molecule has 2 N–H and O–H groups in total. The number of nitrogens with two attached hydrogens (primary N) is 1. The van der Waals surface area contributed by atoms with E-state index in [1.165, 1.54) is 21.7 Å². The van der Waals surface area contributed by atoms with Crippen LogP contribution in [0, 0.1) is 5.82 Å². The second-order valence-corrected chi connectivity index (χ2v) is 8.73. The normalized spacial score (nSPS) is 11.5. The van der Waals surface area contributed by atoms with Crippen molar-refractivity contribution in [2.75, 3.05) is 13.6 Å². The molecular formula is C21H24FN5O3S. The lowest BCUT2D eigenvalue weighted by molar-refractivity contribution is 0.0781. The van der Waals surface area contributed by atoms with Crippen molar-refractivity contribution < 1.29 is 17.6 Å². The quantitative estimate of drug-likeness (QED) is 0.573. The van der Waals surface area contributed by atoms with Gasteiger partial charge in [0.15, 0.2) is 0 Å². The van der Waals surface area contributed by atoms with E-state index in [1.807, 2.05) is 37.3 Å². The molecule has 0 saturated heterocycles. The molecule has 0 fully saturated rings. The van der Waals surface area contributed by atoms with E-state index >= 15 is 0 Å². The molecule has 0 aliphatic carbocycles. The van der Waals surface area contributed by atoms with Crippen LogP contribution in [0.15, 0.2) is 53.4 Å². The molecule has 1 heterocycles. The summed E-state index contributed by atoms with van der Waals surface area (Å²) >= 11 is 0. The first-order valence-electron chi connectivity index (χ1n) is 9.78. The third-order valence-corrected chi connectivity index (χ3v) is 5.65. The van der Waals surface area contributed by atoms with Gasteiger partial charge in [0.2, 0.25) is 15.8 Å². The number of hydrogen-bond acceptors (Lipinski definition) is 5. The Kier molecular flexibility index (Phi) is 6.81. The molecule has 31 heavy (non-hydrogen) atoms. The summed E-state index contributed by atoms with van der Waals surface area (Å²) in [6.07, 6.45) is 2.07. The van der Waals surface area contributed by atoms with Crippen LogP contribution in [0.4, 0.5) is 4.39 Å². The number of unbranched alkanes of at least 4 members (excludes halogenated alkanes) is 1. The number of rotatable bonds is 8. The minimum atomic E-state index is -4.06. The Morgan fingerprint density at radius 1 is 1.19 bits per heavy atom. The number of nitrogens with zero attached hydrogens (tertiary/aromatic N) is 4. The summed E-state index contributed by atoms with van der Waals surface area (Å²) in [7, 11) is -2.39. The average molecular weight is 446 g/mol. The summed E-state index contributed by atoms with van der Waals surface area (Å²) in [6, 6.07) is 12.6. The number of aromatic nitrogens is 3. The van der Waals surface area contributed by atoms with Crippen molar-refractivity contribution in [1.29, 1.82) is 0 Å². The molecular weight excluding hydrogens is 421 g/mol. The van der Waals surface area contributed by atoms with Gasteiger partial charge in [-0.15, -0.1) is 5.10 Å². The van der Waals surface area contributed by atoms with Gasteiger partial charge in [-0.2, -0.15) is 0 Å². The maximum absolute atomic E-state index is 14.8. The summed E-state index contributed by atoms with van der Waals surface area (Å²) in [5.74, 6) is -0.924. The molecule has 0 radical (unpaired) electrons. The smallest absolute Gasteiger partial charge is 0.293 e. The Bertz CT molecular complexity index is 1180. The van der Waals surface area contributed by atoms with E-state index in [-0.39, 0.29) is 22.3 Å². The maximum atomic E-state index is 14.8. The molecule has 0 unspecified atom stereocenters. The lowest BCUT2D eigenvalue weighted by Crippen LogP contribution is -2.28. The van der Waals surface area contributed by atoms with Crippen LogP contribution in [-0.4, -0.2) is 47.6 Å². The Morgan fingerprint density at radius 3 is 2.52 bits per heavy atom. The van der Waals surface area contributed by atoms with Gasteiger partial charge in [-0.1, -0.05) is 43.7 Å². The second-order valence-electron chi connectivity index (χ2n) is 7.16. The van der Waals surface area contributed by atoms with E-state index in [9.17, 15) is 17.6 Å². The highest BCUT2D eigenvalue weighted by atomic mass is 32.2. The zero-order valence-electron chi connectivity index (χ0n) is 17.3. The molecule has 0 aliphatic heterocycles. The van der Waals surface area contributed by atoms with Gasteiger partial charge in [-0.25, -0.2) is 27.6 Å². The second kappa shape index (κ2) is 9.36. The van der Waals surface area contributed by atoms with Crippen molar-refractivity contribution in [2.24, 2.45) is 5.14 Å². The number of hydrogen-bond donors (Lipinski definition) is 1. The molecule has 0 saturated carbocycles. The molecule has 3 rings (SSSR count). The van der Waals surface area contributed by atoms with Crippen LogP contribution in [0.2, 0.25) is 0 Å². The first-order valence-corrected chi connectivity index (χ1v) is 11.3. The third kappa shape index (κ3) is 5.33. The summed E-state index contributed by atoms with van der Waals surface area (Å²) in [4.78, 5) is 18.3. The van der Waals surface area contributed by atoms with E-state index in [0.717, 1.165) is 24.5 Å². The molecule has 1 amide bonds. The average Bonchev–Trinajstić information content (AvgIpc) is 3.14. The van der Waals surface area contributed by atoms with Gasteiger partial charge in [-0.05, 0) is 30.2 Å². The number of benzene rings is 2. The predicted octanol–water partition coefficient (Wildman–Crippen LogP) is 2.52. The Labute approximate surface area is 180 Å². The number of sulfonamides is 1. The van der Waals surface area contributed by atoms with Crippen LogP contribution >= 0.6 is 0 Å². The Morgan fingerprint density at radius 2 is 1.90 bits per heavy atom. The lowest BCUT2D eigenvalue weighted by atomic mass is 10.1. The lowest BCUT2D eigenvalue weighted by Gasteiger charge is -2.14. The SMILES string of the molecule is CCCCN(C)C(=O)c1nc(Cc2ccccc2)n(-c2ccc(S(N)(=O)=O)cc2F)n1. The summed E-state index contributed by atoms with van der Waals surface area (Å²) < 4.78 is 39.1. The molecule has 164 valence electrons. The number of amides is 1. The molecule has 0 spiro atoms. The molecule has 8 nitrogen and oxygen atoms in total. The van der Waals surface area contributed by atoms with Crippen LogP contribution in [-0.2, 0) is 16.4 Å². The predicted molar refractivity (Wildman–Crippen MR) is 114 cm³/mol. The Hall–Kier alpha value is -3.11. The van der Waals surface area contributed by atoms with Gasteiger partial charge in [0.05, 0.1) is 4.90 Å². The van der Waals surface area contributed by atoms with Crippen LogP contribution < -0.4 is 5.14 Å². The molecule has 10 heteroatoms. The molecule has 1 aromatic heterocycles. The molecule has 2 aromatic carbocycles. The fourth-order valence-electron chi connectivity index (χ4n) is 3.02. The summed E-state index contributed by atoms with van der Waals surface area (Å²) in [5.41, 5.74) is 0.872. The summed E-state index contributed by atoms with van der Waals surface area (Å²) in [5, 5.41) is 9.34. The van der Waals surface area contributed by atoms with E-state index in [0.29, 0.717) is 18.8 Å². The molecule has 0 aliphatic rings. The fraction of sp³-hybridized carbons (Fsp3) is 0.286. The number of carbonyl (C=O) groups excluding carboxylic acids is 1. The zero-order valence-corrected chi connectivity index (χ0v) is 18.1. The summed E-state index contributed by atoms with van der Waals surface area (Å²) in [6.45, 7) is 2.58. The first kappa shape index (κ1) is 22.6. The monoisotopic (exact) mass is 445 g/mol. The maximum Gasteiger partial charge on any atom is 0.293 e. The van der Waals surface area contributed by atoms with Crippen LogP contribution in [0.3, 0.4) is 0 Å².